The van der Waals surface area contributed by atoms with E-state index in [1.165, 1.54) is 17.7 Å². The minimum atomic E-state index is -0.673. The number of nitrogens with one attached hydrogen (secondary N) is 1. The van der Waals surface area contributed by atoms with Crippen molar-refractivity contribution in [1.29, 1.82) is 0 Å². The number of hydrogen-bond donors (Lipinski definition) is 1. The molecule has 1 amide bonds. The van der Waals surface area contributed by atoms with Crippen LogP contribution in [0.5, 0.6) is 0 Å². The van der Waals surface area contributed by atoms with E-state index in [2.05, 4.69) is 10.3 Å². The molecule has 2 aromatic rings. The highest BCUT2D eigenvalue weighted by molar-refractivity contribution is 8.76. The third kappa shape index (κ3) is 7.62. The van der Waals surface area contributed by atoms with E-state index >= 15 is 0 Å². The number of hydrogen-bond acceptors (Lipinski definition) is 6. The molecule has 0 radical (unpaired) electrons. The zero-order valence-corrected chi connectivity index (χ0v) is 15.5. The maximum atomic E-state index is 12.3. The summed E-state index contributed by atoms with van der Waals surface area (Å²) in [4.78, 5) is 27.8. The monoisotopic (exact) mass is 376 g/mol. The molecular weight excluding hydrogens is 356 g/mol. The van der Waals surface area contributed by atoms with Gasteiger partial charge in [0.1, 0.15) is 17.7 Å². The van der Waals surface area contributed by atoms with Crippen molar-refractivity contribution in [2.24, 2.45) is 0 Å². The average Bonchev–Trinajstić information content (AvgIpc) is 2.62. The standard InChI is InChI=1S/C18H20N2O3S2/c1-14(21)20-16(13-15-7-3-2-4-8-15)18(22)23-11-12-24-25-17-9-5-6-10-19-17/h2-10,16H,11-13H2,1H3,(H,20,21)/t16-/m1/s1. The highest BCUT2D eigenvalue weighted by Gasteiger charge is 2.21. The maximum Gasteiger partial charge on any atom is 0.329 e. The van der Waals surface area contributed by atoms with Gasteiger partial charge in [-0.1, -0.05) is 47.2 Å². The fourth-order valence-corrected chi connectivity index (χ4v) is 3.77. The van der Waals surface area contributed by atoms with Crippen LogP contribution in [0.2, 0.25) is 0 Å². The zero-order chi connectivity index (χ0) is 17.9. The van der Waals surface area contributed by atoms with E-state index in [0.29, 0.717) is 12.2 Å². The number of rotatable bonds is 9. The Balaban J connectivity index is 1.75. The van der Waals surface area contributed by atoms with Gasteiger partial charge >= 0.3 is 5.97 Å². The van der Waals surface area contributed by atoms with E-state index in [-0.39, 0.29) is 12.5 Å². The minimum Gasteiger partial charge on any atom is -0.463 e. The number of amides is 1. The second-order valence-corrected chi connectivity index (χ2v) is 7.62. The van der Waals surface area contributed by atoms with E-state index in [0.717, 1.165) is 10.6 Å². The van der Waals surface area contributed by atoms with Gasteiger partial charge in [-0.3, -0.25) is 4.79 Å². The predicted molar refractivity (Wildman–Crippen MR) is 101 cm³/mol. The number of aromatic nitrogens is 1. The fraction of sp³-hybridized carbons (Fsp3) is 0.278. The van der Waals surface area contributed by atoms with Gasteiger partial charge < -0.3 is 10.1 Å². The van der Waals surface area contributed by atoms with Crippen molar-refractivity contribution in [2.75, 3.05) is 12.4 Å². The van der Waals surface area contributed by atoms with Gasteiger partial charge in [0.15, 0.2) is 0 Å². The molecule has 1 aromatic carbocycles. The van der Waals surface area contributed by atoms with Crippen LogP contribution in [0, 0.1) is 0 Å². The van der Waals surface area contributed by atoms with Crippen molar-refractivity contribution in [2.45, 2.75) is 24.4 Å². The van der Waals surface area contributed by atoms with Gasteiger partial charge in [0.2, 0.25) is 5.91 Å². The molecule has 1 atom stereocenters. The Labute approximate surface area is 155 Å². The Morgan fingerprint density at radius 2 is 1.92 bits per heavy atom. The number of carbonyl (C=O) groups is 2. The largest absolute Gasteiger partial charge is 0.463 e. The summed E-state index contributed by atoms with van der Waals surface area (Å²) in [5.74, 6) is -0.0223. The van der Waals surface area contributed by atoms with Crippen LogP contribution < -0.4 is 5.32 Å². The van der Waals surface area contributed by atoms with Crippen LogP contribution in [0.3, 0.4) is 0 Å². The molecule has 0 bridgehead atoms. The number of esters is 1. The summed E-state index contributed by atoms with van der Waals surface area (Å²) in [7, 11) is 3.11. The molecule has 0 saturated heterocycles. The minimum absolute atomic E-state index is 0.252. The van der Waals surface area contributed by atoms with Crippen molar-refractivity contribution in [3.05, 3.63) is 60.3 Å². The molecule has 7 heteroatoms. The van der Waals surface area contributed by atoms with Gasteiger partial charge in [0.05, 0.1) is 0 Å². The second kappa shape index (κ2) is 10.8. The van der Waals surface area contributed by atoms with Crippen molar-refractivity contribution in [1.82, 2.24) is 10.3 Å². The molecule has 1 heterocycles. The van der Waals surface area contributed by atoms with E-state index in [1.807, 2.05) is 48.5 Å². The van der Waals surface area contributed by atoms with Crippen LogP contribution in [0.25, 0.3) is 0 Å². The Bertz CT molecular complexity index is 669. The summed E-state index contributed by atoms with van der Waals surface area (Å²) in [6, 6.07) is 14.6. The maximum absolute atomic E-state index is 12.3. The predicted octanol–water partition coefficient (Wildman–Crippen LogP) is 3.11. The Morgan fingerprint density at radius 3 is 2.60 bits per heavy atom. The van der Waals surface area contributed by atoms with Crippen LogP contribution in [-0.2, 0) is 20.7 Å². The normalized spacial score (nSPS) is 11.6. The first-order chi connectivity index (χ1) is 12.1. The molecule has 0 fully saturated rings. The fourth-order valence-electron chi connectivity index (χ4n) is 2.06. The zero-order valence-electron chi connectivity index (χ0n) is 13.9. The molecule has 25 heavy (non-hydrogen) atoms. The molecule has 0 saturated carbocycles. The summed E-state index contributed by atoms with van der Waals surface area (Å²) in [5.41, 5.74) is 0.971. The van der Waals surface area contributed by atoms with Crippen molar-refractivity contribution in [3.8, 4) is 0 Å². The molecular formula is C18H20N2O3S2. The number of ether oxygens (including phenoxy) is 1. The highest BCUT2D eigenvalue weighted by atomic mass is 33.1. The first-order valence-corrected chi connectivity index (χ1v) is 10.1. The van der Waals surface area contributed by atoms with E-state index in [4.69, 9.17) is 4.74 Å². The van der Waals surface area contributed by atoms with Gasteiger partial charge in [-0.15, -0.1) is 0 Å². The number of carbonyl (C=O) groups excluding carboxylic acids is 2. The lowest BCUT2D eigenvalue weighted by molar-refractivity contribution is -0.147. The third-order valence-corrected chi connectivity index (χ3v) is 5.37. The molecule has 0 aliphatic rings. The van der Waals surface area contributed by atoms with E-state index < -0.39 is 12.0 Å². The summed E-state index contributed by atoms with van der Waals surface area (Å²) in [5, 5.41) is 3.58. The van der Waals surface area contributed by atoms with Gasteiger partial charge in [-0.2, -0.15) is 0 Å². The molecule has 2 rings (SSSR count). The lowest BCUT2D eigenvalue weighted by Crippen LogP contribution is -2.42. The molecule has 0 aliphatic carbocycles. The van der Waals surface area contributed by atoms with Gasteiger partial charge in [0, 0.05) is 25.3 Å². The molecule has 132 valence electrons. The molecule has 0 unspecified atom stereocenters. The molecule has 1 aromatic heterocycles. The van der Waals surface area contributed by atoms with Crippen molar-refractivity contribution in [3.63, 3.8) is 0 Å². The van der Waals surface area contributed by atoms with Gasteiger partial charge in [-0.25, -0.2) is 9.78 Å². The van der Waals surface area contributed by atoms with Crippen LogP contribution in [-0.4, -0.2) is 35.3 Å². The lowest BCUT2D eigenvalue weighted by atomic mass is 10.1. The van der Waals surface area contributed by atoms with Crippen LogP contribution in [0.15, 0.2) is 59.8 Å². The molecule has 0 spiro atoms. The second-order valence-electron chi connectivity index (χ2n) is 5.18. The van der Waals surface area contributed by atoms with Crippen molar-refractivity contribution < 1.29 is 14.3 Å². The first kappa shape index (κ1) is 19.3. The third-order valence-electron chi connectivity index (χ3n) is 3.14. The van der Waals surface area contributed by atoms with E-state index in [1.54, 1.807) is 17.0 Å². The Hall–Kier alpha value is -1.99. The van der Waals surface area contributed by atoms with Crippen LogP contribution >= 0.6 is 21.6 Å². The lowest BCUT2D eigenvalue weighted by Gasteiger charge is -2.16. The number of nitrogens with zero attached hydrogens (tertiary/aromatic N) is 1. The summed E-state index contributed by atoms with van der Waals surface area (Å²) >= 11 is 0. The Morgan fingerprint density at radius 1 is 1.16 bits per heavy atom. The SMILES string of the molecule is CC(=O)N[C@H](Cc1ccccc1)C(=O)OCCSSc1ccccn1. The first-order valence-electron chi connectivity index (χ1n) is 7.83. The highest BCUT2D eigenvalue weighted by Crippen LogP contribution is 2.28. The van der Waals surface area contributed by atoms with Crippen LogP contribution in [0.4, 0.5) is 0 Å². The molecule has 0 aliphatic heterocycles. The van der Waals surface area contributed by atoms with E-state index in [9.17, 15) is 9.59 Å². The van der Waals surface area contributed by atoms with Gasteiger partial charge in [0.25, 0.3) is 0 Å². The molecule has 1 N–H and O–H groups in total. The number of benzene rings is 1. The Kier molecular flexibility index (Phi) is 8.34. The summed E-state index contributed by atoms with van der Waals surface area (Å²) in [6.07, 6.45) is 2.15. The smallest absolute Gasteiger partial charge is 0.329 e. The average molecular weight is 377 g/mol. The quantitative estimate of drug-likeness (QED) is 0.412. The van der Waals surface area contributed by atoms with Crippen LogP contribution in [0.1, 0.15) is 12.5 Å². The van der Waals surface area contributed by atoms with Gasteiger partial charge in [-0.05, 0) is 28.5 Å². The molecule has 5 nitrogen and oxygen atoms in total. The van der Waals surface area contributed by atoms with Crippen molar-refractivity contribution >= 4 is 33.5 Å². The summed E-state index contributed by atoms with van der Waals surface area (Å²) < 4.78 is 5.31. The topological polar surface area (TPSA) is 68.3 Å². The number of pyridine rings is 1. The summed E-state index contributed by atoms with van der Waals surface area (Å²) in [6.45, 7) is 1.68.